The number of benzene rings is 7. The third-order valence-corrected chi connectivity index (χ3v) is 11.0. The number of rotatable bonds is 6. The lowest BCUT2D eigenvalue weighted by atomic mass is 9.82. The van der Waals surface area contributed by atoms with Gasteiger partial charge in [-0.25, -0.2) is 13.9 Å². The predicted octanol–water partition coefficient (Wildman–Crippen LogP) is 11.1. The van der Waals surface area contributed by atoms with Gasteiger partial charge in [0.1, 0.15) is 16.6 Å². The van der Waals surface area contributed by atoms with Crippen molar-refractivity contribution >= 4 is 50.2 Å². The van der Waals surface area contributed by atoms with E-state index in [0.29, 0.717) is 50.2 Å². The molecule has 3 heterocycles. The molecule has 10 nitrogen and oxygen atoms in total. The molecule has 1 aliphatic carbocycles. The van der Waals surface area contributed by atoms with Crippen LogP contribution in [0.1, 0.15) is 25.0 Å². The zero-order chi connectivity index (χ0) is 36.7. The maximum Gasteiger partial charge on any atom is 0.159 e. The molecule has 0 unspecified atom stereocenters. The first-order valence-electron chi connectivity index (χ1n) is 18.0. The molecule has 0 aliphatic heterocycles. The molecule has 262 valence electrons. The summed E-state index contributed by atoms with van der Waals surface area (Å²) in [6, 6.07) is 47.9. The number of anilines is 3. The van der Waals surface area contributed by atoms with Gasteiger partial charge in [-0.05, 0) is 118 Å². The Kier molecular flexibility index (Phi) is 6.66. The van der Waals surface area contributed by atoms with Crippen molar-refractivity contribution in [3.63, 3.8) is 0 Å². The highest BCUT2D eigenvalue weighted by atomic mass is 16.6. The van der Waals surface area contributed by atoms with Gasteiger partial charge in [0.05, 0.1) is 17.1 Å². The van der Waals surface area contributed by atoms with Crippen LogP contribution in [0.15, 0.2) is 153 Å². The maximum absolute atomic E-state index is 5.47. The van der Waals surface area contributed by atoms with Gasteiger partial charge in [0.25, 0.3) is 0 Å². The summed E-state index contributed by atoms with van der Waals surface area (Å²) in [6.07, 6.45) is 0. The fraction of sp³-hybridized carbons (Fsp3) is 0.0667. The largest absolute Gasteiger partial charge is 0.303 e. The van der Waals surface area contributed by atoms with Crippen molar-refractivity contribution in [3.8, 4) is 44.5 Å². The van der Waals surface area contributed by atoms with Crippen LogP contribution in [0.4, 0.5) is 17.1 Å². The lowest BCUT2D eigenvalue weighted by Crippen LogP contribution is -2.14. The molecule has 0 atom stereocenters. The van der Waals surface area contributed by atoms with Crippen LogP contribution >= 0.6 is 0 Å². The summed E-state index contributed by atoms with van der Waals surface area (Å²) in [4.78, 5) is 2.00. The molecule has 0 N–H and O–H groups in total. The number of fused-ring (bicyclic) bond motifs is 6. The molecule has 0 amide bonds. The highest BCUT2D eigenvalue weighted by molar-refractivity contribution is 6.09. The normalized spacial score (nSPS) is 13.1. The van der Waals surface area contributed by atoms with Crippen molar-refractivity contribution in [2.24, 2.45) is 0 Å². The SMILES string of the molecule is CC1(C)c2ccccc2-c2cc(-c3ccc(-c4ccc(N(c5cccc6nonc56)c5ccc(-c6ccccc6)c6nonc56)c5nonc45)cc3)ccc21. The van der Waals surface area contributed by atoms with Gasteiger partial charge in [-0.1, -0.05) is 111 Å². The van der Waals surface area contributed by atoms with Gasteiger partial charge in [0, 0.05) is 16.5 Å². The fourth-order valence-electron chi connectivity index (χ4n) is 8.26. The molecule has 0 bridgehead atoms. The lowest BCUT2D eigenvalue weighted by Gasteiger charge is -2.25. The van der Waals surface area contributed by atoms with Crippen LogP contribution in [0.2, 0.25) is 0 Å². The van der Waals surface area contributed by atoms with Gasteiger partial charge in [0.15, 0.2) is 16.6 Å². The minimum atomic E-state index is -0.0327. The summed E-state index contributed by atoms with van der Waals surface area (Å²) in [7, 11) is 0. The van der Waals surface area contributed by atoms with E-state index in [2.05, 4.69) is 112 Å². The zero-order valence-electron chi connectivity index (χ0n) is 29.6. The van der Waals surface area contributed by atoms with Gasteiger partial charge in [0.2, 0.25) is 0 Å². The van der Waals surface area contributed by atoms with Crippen molar-refractivity contribution in [2.45, 2.75) is 19.3 Å². The molecule has 11 rings (SSSR count). The van der Waals surface area contributed by atoms with E-state index in [1.165, 1.54) is 27.8 Å². The zero-order valence-corrected chi connectivity index (χ0v) is 29.6. The Hall–Kier alpha value is -7.46. The average molecular weight is 716 g/mol. The molecule has 0 saturated heterocycles. The van der Waals surface area contributed by atoms with E-state index in [-0.39, 0.29) is 5.41 Å². The smallest absolute Gasteiger partial charge is 0.159 e. The molecule has 0 radical (unpaired) electrons. The van der Waals surface area contributed by atoms with Gasteiger partial charge in [-0.15, -0.1) is 0 Å². The number of nitrogens with zero attached hydrogens (tertiary/aromatic N) is 7. The predicted molar refractivity (Wildman–Crippen MR) is 211 cm³/mol. The first kappa shape index (κ1) is 31.1. The second-order valence-corrected chi connectivity index (χ2v) is 14.3. The van der Waals surface area contributed by atoms with E-state index in [9.17, 15) is 0 Å². The molecular weight excluding hydrogens is 687 g/mol. The van der Waals surface area contributed by atoms with Gasteiger partial charge >= 0.3 is 0 Å². The molecular formula is C45H29N7O3. The number of hydrogen-bond acceptors (Lipinski definition) is 10. The summed E-state index contributed by atoms with van der Waals surface area (Å²) >= 11 is 0. The van der Waals surface area contributed by atoms with Crippen LogP contribution < -0.4 is 4.90 Å². The van der Waals surface area contributed by atoms with Gasteiger partial charge in [-0.2, -0.15) is 0 Å². The third-order valence-electron chi connectivity index (χ3n) is 11.0. The van der Waals surface area contributed by atoms with Crippen molar-refractivity contribution < 1.29 is 13.9 Å². The summed E-state index contributed by atoms with van der Waals surface area (Å²) < 4.78 is 16.0. The number of aromatic nitrogens is 6. The Morgan fingerprint density at radius 1 is 0.382 bits per heavy atom. The summed E-state index contributed by atoms with van der Waals surface area (Å²) in [5.74, 6) is 0. The minimum Gasteiger partial charge on any atom is -0.303 e. The van der Waals surface area contributed by atoms with E-state index in [4.69, 9.17) is 13.9 Å². The molecule has 10 aromatic rings. The standard InChI is InChI=1S/C45H29N7O3/c1-45(2)34-12-7-6-11-32(34)33-25-29(19-22-35(33)45)26-15-17-28(18-16-26)31-21-24-39(44-41(31)48-55-51-44)52(37-14-8-13-36-42(37)49-53-46-36)38-23-20-30(27-9-4-3-5-10-27)40-43(38)50-54-47-40/h3-25H,1-2H3. The van der Waals surface area contributed by atoms with E-state index in [0.717, 1.165) is 27.8 Å². The van der Waals surface area contributed by atoms with Crippen molar-refractivity contribution in [2.75, 3.05) is 4.90 Å². The van der Waals surface area contributed by atoms with Crippen molar-refractivity contribution in [1.82, 2.24) is 30.9 Å². The van der Waals surface area contributed by atoms with E-state index >= 15 is 0 Å². The first-order valence-corrected chi connectivity index (χ1v) is 18.0. The molecule has 1 aliphatic rings. The van der Waals surface area contributed by atoms with E-state index < -0.39 is 0 Å². The number of hydrogen-bond donors (Lipinski definition) is 0. The van der Waals surface area contributed by atoms with Crippen LogP contribution in [0.5, 0.6) is 0 Å². The molecule has 3 aromatic heterocycles. The Bertz CT molecular complexity index is 3090. The quantitative estimate of drug-likeness (QED) is 0.164. The van der Waals surface area contributed by atoms with Gasteiger partial charge in [-0.3, -0.25) is 0 Å². The summed E-state index contributed by atoms with van der Waals surface area (Å²) in [6.45, 7) is 4.60. The van der Waals surface area contributed by atoms with Crippen LogP contribution in [0, 0.1) is 0 Å². The highest BCUT2D eigenvalue weighted by Crippen LogP contribution is 2.50. The third kappa shape index (κ3) is 4.67. The topological polar surface area (TPSA) is 120 Å². The molecule has 0 fully saturated rings. The molecule has 7 aromatic carbocycles. The van der Waals surface area contributed by atoms with Crippen LogP contribution in [-0.2, 0) is 5.41 Å². The maximum atomic E-state index is 5.47. The second kappa shape index (κ2) is 11.8. The molecule has 0 spiro atoms. The van der Waals surface area contributed by atoms with Crippen LogP contribution in [-0.4, -0.2) is 30.9 Å². The minimum absolute atomic E-state index is 0.0327. The Morgan fingerprint density at radius 3 is 1.65 bits per heavy atom. The monoisotopic (exact) mass is 715 g/mol. The first-order chi connectivity index (χ1) is 27.0. The summed E-state index contributed by atoms with van der Waals surface area (Å²) in [5, 5.41) is 26.0. The van der Waals surface area contributed by atoms with Crippen molar-refractivity contribution in [3.05, 3.63) is 151 Å². The summed E-state index contributed by atoms with van der Waals surface area (Å²) in [5.41, 5.74) is 16.9. The fourth-order valence-corrected chi connectivity index (χ4v) is 8.26. The molecule has 10 heteroatoms. The molecule has 55 heavy (non-hydrogen) atoms. The van der Waals surface area contributed by atoms with Crippen LogP contribution in [0.25, 0.3) is 77.6 Å². The van der Waals surface area contributed by atoms with E-state index in [1.54, 1.807) is 0 Å². The van der Waals surface area contributed by atoms with E-state index in [1.807, 2.05) is 77.7 Å². The second-order valence-electron chi connectivity index (χ2n) is 14.3. The van der Waals surface area contributed by atoms with Crippen LogP contribution in [0.3, 0.4) is 0 Å². The average Bonchev–Trinajstić information content (AvgIpc) is 4.06. The lowest BCUT2D eigenvalue weighted by molar-refractivity contribution is 0.315. The Balaban J connectivity index is 1.02. The van der Waals surface area contributed by atoms with Gasteiger partial charge < -0.3 is 4.90 Å². The molecule has 0 saturated carbocycles. The van der Waals surface area contributed by atoms with Crippen molar-refractivity contribution in [1.29, 1.82) is 0 Å². The highest BCUT2D eigenvalue weighted by Gasteiger charge is 2.35. The Labute approximate surface area is 313 Å². The Morgan fingerprint density at radius 2 is 0.927 bits per heavy atom.